The van der Waals surface area contributed by atoms with Crippen LogP contribution in [0.3, 0.4) is 0 Å². The van der Waals surface area contributed by atoms with Crippen molar-refractivity contribution in [1.82, 2.24) is 10.2 Å². The highest BCUT2D eigenvalue weighted by Gasteiger charge is 2.46. The maximum Gasteiger partial charge on any atom is 0.230 e. The molecule has 0 atom stereocenters. The average molecular weight is 365 g/mol. The standard InChI is InChI=1S/C19H28N2O3S/c1-25(23,24)15-14-21-12-8-17(9-13-21)20-18(22)19(10-5-11-19)16-6-3-2-4-7-16/h2-4,6-7,17H,5,8-15H2,1H3,(H,20,22). The third kappa shape index (κ3) is 4.42. The van der Waals surface area contributed by atoms with Crippen molar-refractivity contribution in [3.05, 3.63) is 35.9 Å². The van der Waals surface area contributed by atoms with Gasteiger partial charge >= 0.3 is 0 Å². The first-order chi connectivity index (χ1) is 11.9. The summed E-state index contributed by atoms with van der Waals surface area (Å²) in [5, 5.41) is 3.27. The molecule has 1 aromatic carbocycles. The van der Waals surface area contributed by atoms with E-state index < -0.39 is 9.84 Å². The summed E-state index contributed by atoms with van der Waals surface area (Å²) in [4.78, 5) is 15.1. The lowest BCUT2D eigenvalue weighted by molar-refractivity contribution is -0.131. The van der Waals surface area contributed by atoms with Crippen molar-refractivity contribution in [2.24, 2.45) is 0 Å². The van der Waals surface area contributed by atoms with E-state index in [0.717, 1.165) is 50.8 Å². The number of sulfone groups is 1. The number of carbonyl (C=O) groups is 1. The predicted octanol–water partition coefficient (Wildman–Crippen LogP) is 1.73. The summed E-state index contributed by atoms with van der Waals surface area (Å²) >= 11 is 0. The van der Waals surface area contributed by atoms with Crippen LogP contribution in [0.5, 0.6) is 0 Å². The van der Waals surface area contributed by atoms with Gasteiger partial charge in [0.1, 0.15) is 9.84 Å². The molecule has 1 aliphatic heterocycles. The smallest absolute Gasteiger partial charge is 0.230 e. The highest BCUT2D eigenvalue weighted by molar-refractivity contribution is 7.90. The van der Waals surface area contributed by atoms with Gasteiger partial charge in [-0.05, 0) is 31.2 Å². The lowest BCUT2D eigenvalue weighted by Gasteiger charge is -2.42. The molecule has 1 N–H and O–H groups in total. The number of nitrogens with one attached hydrogen (secondary N) is 1. The van der Waals surface area contributed by atoms with E-state index in [2.05, 4.69) is 22.3 Å². The van der Waals surface area contributed by atoms with Gasteiger partial charge in [0.15, 0.2) is 0 Å². The Kier molecular flexibility index (Phi) is 5.49. The quantitative estimate of drug-likeness (QED) is 0.835. The van der Waals surface area contributed by atoms with Crippen molar-refractivity contribution in [2.45, 2.75) is 43.6 Å². The zero-order valence-electron chi connectivity index (χ0n) is 14.9. The average Bonchev–Trinajstić information content (AvgIpc) is 2.53. The summed E-state index contributed by atoms with van der Waals surface area (Å²) in [6.07, 6.45) is 6.01. The van der Waals surface area contributed by atoms with Crippen LogP contribution in [0.25, 0.3) is 0 Å². The van der Waals surface area contributed by atoms with Crippen LogP contribution in [0.1, 0.15) is 37.7 Å². The minimum Gasteiger partial charge on any atom is -0.353 e. The molecule has 1 aromatic rings. The normalized spacial score (nSPS) is 21.5. The largest absolute Gasteiger partial charge is 0.353 e. The highest BCUT2D eigenvalue weighted by atomic mass is 32.2. The van der Waals surface area contributed by atoms with Gasteiger partial charge in [-0.25, -0.2) is 8.42 Å². The molecule has 6 heteroatoms. The number of amides is 1. The molecule has 0 spiro atoms. The van der Waals surface area contributed by atoms with Crippen molar-refractivity contribution >= 4 is 15.7 Å². The Balaban J connectivity index is 1.53. The van der Waals surface area contributed by atoms with Gasteiger partial charge in [0.25, 0.3) is 0 Å². The van der Waals surface area contributed by atoms with E-state index >= 15 is 0 Å². The Bertz CT molecular complexity index is 691. The minimum atomic E-state index is -2.91. The zero-order chi connectivity index (χ0) is 17.9. The molecular formula is C19H28N2O3S. The lowest BCUT2D eigenvalue weighted by atomic mass is 9.63. The summed E-state index contributed by atoms with van der Waals surface area (Å²) in [6, 6.07) is 10.3. The Hall–Kier alpha value is -1.40. The van der Waals surface area contributed by atoms with Gasteiger partial charge in [-0.2, -0.15) is 0 Å². The van der Waals surface area contributed by atoms with Crippen LogP contribution < -0.4 is 5.32 Å². The van der Waals surface area contributed by atoms with E-state index in [4.69, 9.17) is 0 Å². The number of piperidine rings is 1. The van der Waals surface area contributed by atoms with E-state index in [9.17, 15) is 13.2 Å². The van der Waals surface area contributed by atoms with Gasteiger partial charge in [0.05, 0.1) is 11.2 Å². The SMILES string of the molecule is CS(=O)(=O)CCN1CCC(NC(=O)C2(c3ccccc3)CCC2)CC1. The van der Waals surface area contributed by atoms with Crippen LogP contribution >= 0.6 is 0 Å². The fourth-order valence-electron chi connectivity index (χ4n) is 3.85. The van der Waals surface area contributed by atoms with Crippen molar-refractivity contribution in [1.29, 1.82) is 0 Å². The number of carbonyl (C=O) groups excluding carboxylic acids is 1. The van der Waals surface area contributed by atoms with E-state index in [1.807, 2.05) is 18.2 Å². The minimum absolute atomic E-state index is 0.166. The van der Waals surface area contributed by atoms with Gasteiger partial charge < -0.3 is 10.2 Å². The molecule has 3 rings (SSSR count). The molecule has 1 amide bonds. The predicted molar refractivity (Wildman–Crippen MR) is 99.3 cm³/mol. The lowest BCUT2D eigenvalue weighted by Crippen LogP contribution is -2.54. The molecule has 0 radical (unpaired) electrons. The van der Waals surface area contributed by atoms with Crippen LogP contribution in [0.4, 0.5) is 0 Å². The Morgan fingerprint density at radius 3 is 2.36 bits per heavy atom. The van der Waals surface area contributed by atoms with E-state index in [-0.39, 0.29) is 23.1 Å². The van der Waals surface area contributed by atoms with Crippen molar-refractivity contribution in [2.75, 3.05) is 31.6 Å². The molecule has 1 saturated heterocycles. The number of nitrogens with zero attached hydrogens (tertiary/aromatic N) is 1. The van der Waals surface area contributed by atoms with Gasteiger partial charge in [0.2, 0.25) is 5.91 Å². The molecule has 0 bridgehead atoms. The summed E-state index contributed by atoms with van der Waals surface area (Å²) in [7, 11) is -2.91. The maximum absolute atomic E-state index is 13.0. The summed E-state index contributed by atoms with van der Waals surface area (Å²) in [5.74, 6) is 0.376. The number of hydrogen-bond acceptors (Lipinski definition) is 4. The molecule has 0 aromatic heterocycles. The summed E-state index contributed by atoms with van der Waals surface area (Å²) in [6.45, 7) is 2.28. The third-order valence-electron chi connectivity index (χ3n) is 5.67. The van der Waals surface area contributed by atoms with E-state index in [0.29, 0.717) is 6.54 Å². The molecule has 1 heterocycles. The Morgan fingerprint density at radius 1 is 1.20 bits per heavy atom. The Morgan fingerprint density at radius 2 is 1.84 bits per heavy atom. The van der Waals surface area contributed by atoms with Gasteiger partial charge in [0, 0.05) is 31.9 Å². The van der Waals surface area contributed by atoms with Crippen LogP contribution in [0, 0.1) is 0 Å². The first-order valence-corrected chi connectivity index (χ1v) is 11.2. The van der Waals surface area contributed by atoms with Crippen molar-refractivity contribution < 1.29 is 13.2 Å². The summed E-state index contributed by atoms with van der Waals surface area (Å²) < 4.78 is 22.6. The van der Waals surface area contributed by atoms with Crippen LogP contribution in [0.2, 0.25) is 0 Å². The summed E-state index contributed by atoms with van der Waals surface area (Å²) in [5.41, 5.74) is 0.790. The van der Waals surface area contributed by atoms with Crippen LogP contribution in [0.15, 0.2) is 30.3 Å². The fourth-order valence-corrected chi connectivity index (χ4v) is 4.44. The van der Waals surface area contributed by atoms with E-state index in [1.54, 1.807) is 0 Å². The fraction of sp³-hybridized carbons (Fsp3) is 0.632. The zero-order valence-corrected chi connectivity index (χ0v) is 15.7. The van der Waals surface area contributed by atoms with Crippen molar-refractivity contribution in [3.63, 3.8) is 0 Å². The maximum atomic E-state index is 13.0. The molecule has 2 fully saturated rings. The molecule has 1 saturated carbocycles. The molecule has 138 valence electrons. The Labute approximate surface area is 150 Å². The van der Waals surface area contributed by atoms with Gasteiger partial charge in [-0.3, -0.25) is 4.79 Å². The number of likely N-dealkylation sites (tertiary alicyclic amines) is 1. The molecular weight excluding hydrogens is 336 g/mol. The molecule has 0 unspecified atom stereocenters. The van der Waals surface area contributed by atoms with Gasteiger partial charge in [-0.1, -0.05) is 36.8 Å². The molecule has 25 heavy (non-hydrogen) atoms. The van der Waals surface area contributed by atoms with Crippen LogP contribution in [-0.4, -0.2) is 56.9 Å². The number of hydrogen-bond donors (Lipinski definition) is 1. The first kappa shape index (κ1) is 18.4. The molecule has 1 aliphatic carbocycles. The second kappa shape index (κ2) is 7.46. The third-order valence-corrected chi connectivity index (χ3v) is 6.59. The topological polar surface area (TPSA) is 66.5 Å². The molecule has 5 nitrogen and oxygen atoms in total. The molecule has 2 aliphatic rings. The second-order valence-corrected chi connectivity index (χ2v) is 9.78. The number of rotatable bonds is 6. The monoisotopic (exact) mass is 364 g/mol. The van der Waals surface area contributed by atoms with Crippen LogP contribution in [-0.2, 0) is 20.0 Å². The first-order valence-electron chi connectivity index (χ1n) is 9.16. The van der Waals surface area contributed by atoms with Gasteiger partial charge in [-0.15, -0.1) is 0 Å². The van der Waals surface area contributed by atoms with Crippen molar-refractivity contribution in [3.8, 4) is 0 Å². The number of benzene rings is 1. The second-order valence-electron chi connectivity index (χ2n) is 7.52. The highest BCUT2D eigenvalue weighted by Crippen LogP contribution is 2.44. The van der Waals surface area contributed by atoms with E-state index in [1.165, 1.54) is 6.26 Å².